The van der Waals surface area contributed by atoms with Gasteiger partial charge in [0.25, 0.3) is 0 Å². The van der Waals surface area contributed by atoms with Crippen LogP contribution in [0.2, 0.25) is 0 Å². The highest BCUT2D eigenvalue weighted by molar-refractivity contribution is 8.00. The SMILES string of the molecule is NNc1cccnc1SC(F)(F)F. The van der Waals surface area contributed by atoms with Crippen LogP contribution < -0.4 is 11.3 Å². The van der Waals surface area contributed by atoms with Crippen LogP contribution in [0.1, 0.15) is 0 Å². The summed E-state index contributed by atoms with van der Waals surface area (Å²) in [5, 5.41) is -0.183. The molecule has 0 spiro atoms. The maximum absolute atomic E-state index is 11.9. The first-order valence-corrected chi connectivity index (χ1v) is 4.02. The Balaban J connectivity index is 2.87. The van der Waals surface area contributed by atoms with E-state index in [1.54, 1.807) is 0 Å². The molecule has 0 amide bonds. The summed E-state index contributed by atoms with van der Waals surface area (Å²) in [6.45, 7) is 0. The van der Waals surface area contributed by atoms with Gasteiger partial charge in [0.15, 0.2) is 0 Å². The van der Waals surface area contributed by atoms with Gasteiger partial charge in [-0.25, -0.2) is 4.98 Å². The first-order chi connectivity index (χ1) is 6.03. The molecule has 72 valence electrons. The molecule has 1 heterocycles. The van der Waals surface area contributed by atoms with Gasteiger partial charge in [-0.15, -0.1) is 0 Å². The van der Waals surface area contributed by atoms with Crippen molar-refractivity contribution in [2.45, 2.75) is 10.5 Å². The van der Waals surface area contributed by atoms with Crippen molar-refractivity contribution < 1.29 is 13.2 Å². The van der Waals surface area contributed by atoms with Gasteiger partial charge < -0.3 is 5.43 Å². The van der Waals surface area contributed by atoms with E-state index in [0.717, 1.165) is 0 Å². The summed E-state index contributed by atoms with van der Waals surface area (Å²) in [5.74, 6) is 5.00. The Morgan fingerprint density at radius 1 is 1.46 bits per heavy atom. The standard InChI is InChI=1S/C6H6F3N3S/c7-6(8,9)13-5-4(12-10)2-1-3-11-5/h1-3,12H,10H2. The quantitative estimate of drug-likeness (QED) is 0.444. The van der Waals surface area contributed by atoms with Gasteiger partial charge >= 0.3 is 5.51 Å². The molecule has 7 heteroatoms. The van der Waals surface area contributed by atoms with Crippen LogP contribution in [-0.2, 0) is 0 Å². The van der Waals surface area contributed by atoms with Gasteiger partial charge in [0.1, 0.15) is 5.03 Å². The molecule has 0 aliphatic carbocycles. The number of halogens is 3. The molecular formula is C6H6F3N3S. The number of pyridine rings is 1. The lowest BCUT2D eigenvalue weighted by molar-refractivity contribution is -0.0329. The van der Waals surface area contributed by atoms with Crippen LogP contribution in [0.4, 0.5) is 18.9 Å². The molecular weight excluding hydrogens is 203 g/mol. The number of nitrogens with one attached hydrogen (secondary N) is 1. The highest BCUT2D eigenvalue weighted by Crippen LogP contribution is 2.38. The van der Waals surface area contributed by atoms with Gasteiger partial charge in [0, 0.05) is 18.0 Å². The summed E-state index contributed by atoms with van der Waals surface area (Å²) in [7, 11) is 0. The fraction of sp³-hybridized carbons (Fsp3) is 0.167. The largest absolute Gasteiger partial charge is 0.447 e. The smallest absolute Gasteiger partial charge is 0.322 e. The number of hydrogen-bond acceptors (Lipinski definition) is 4. The van der Waals surface area contributed by atoms with Crippen molar-refractivity contribution in [1.29, 1.82) is 0 Å². The predicted octanol–water partition coefficient (Wildman–Crippen LogP) is 1.98. The lowest BCUT2D eigenvalue weighted by Gasteiger charge is -2.08. The van der Waals surface area contributed by atoms with E-state index in [1.165, 1.54) is 18.3 Å². The minimum atomic E-state index is -4.35. The molecule has 1 aromatic rings. The molecule has 0 saturated carbocycles. The number of nitrogen functional groups attached to an aromatic ring is 1. The van der Waals surface area contributed by atoms with Crippen LogP contribution in [0.25, 0.3) is 0 Å². The van der Waals surface area contributed by atoms with Crippen LogP contribution in [0.3, 0.4) is 0 Å². The summed E-state index contributed by atoms with van der Waals surface area (Å²) in [5.41, 5.74) is -2.06. The fourth-order valence-electron chi connectivity index (χ4n) is 0.692. The van der Waals surface area contributed by atoms with E-state index in [0.29, 0.717) is 0 Å². The minimum absolute atomic E-state index is 0.157. The van der Waals surface area contributed by atoms with Crippen LogP contribution in [0.5, 0.6) is 0 Å². The molecule has 0 atom stereocenters. The van der Waals surface area contributed by atoms with Crippen LogP contribution in [0.15, 0.2) is 23.4 Å². The van der Waals surface area contributed by atoms with E-state index in [9.17, 15) is 13.2 Å². The zero-order valence-electron chi connectivity index (χ0n) is 6.30. The number of anilines is 1. The Hall–Kier alpha value is -0.950. The third kappa shape index (κ3) is 3.11. The van der Waals surface area contributed by atoms with Crippen LogP contribution in [-0.4, -0.2) is 10.5 Å². The van der Waals surface area contributed by atoms with Crippen LogP contribution >= 0.6 is 11.8 Å². The maximum Gasteiger partial charge on any atom is 0.447 e. The van der Waals surface area contributed by atoms with Crippen molar-refractivity contribution >= 4 is 17.4 Å². The Labute approximate surface area is 76.5 Å². The molecule has 0 aliphatic heterocycles. The first kappa shape index (κ1) is 10.1. The van der Waals surface area contributed by atoms with E-state index in [2.05, 4.69) is 10.4 Å². The number of hydrogen-bond donors (Lipinski definition) is 2. The van der Waals surface area contributed by atoms with Crippen molar-refractivity contribution in [2.24, 2.45) is 5.84 Å². The zero-order valence-corrected chi connectivity index (χ0v) is 7.12. The van der Waals surface area contributed by atoms with Crippen molar-refractivity contribution in [3.63, 3.8) is 0 Å². The molecule has 1 rings (SSSR count). The van der Waals surface area contributed by atoms with E-state index in [4.69, 9.17) is 5.84 Å². The predicted molar refractivity (Wildman–Crippen MR) is 44.0 cm³/mol. The minimum Gasteiger partial charge on any atom is -0.322 e. The van der Waals surface area contributed by atoms with Crippen LogP contribution in [0, 0.1) is 0 Å². The summed E-state index contributed by atoms with van der Waals surface area (Å²) >= 11 is -0.302. The monoisotopic (exact) mass is 209 g/mol. The van der Waals surface area contributed by atoms with Crippen molar-refractivity contribution in [3.8, 4) is 0 Å². The number of aromatic nitrogens is 1. The van der Waals surface area contributed by atoms with Gasteiger partial charge in [-0.05, 0) is 12.1 Å². The summed E-state index contributed by atoms with van der Waals surface area (Å²) in [6, 6.07) is 2.91. The molecule has 0 aliphatic rings. The van der Waals surface area contributed by atoms with E-state index >= 15 is 0 Å². The molecule has 3 N–H and O–H groups in total. The second-order valence-electron chi connectivity index (χ2n) is 2.05. The number of nitrogens with two attached hydrogens (primary N) is 1. The lowest BCUT2D eigenvalue weighted by atomic mass is 10.4. The highest BCUT2D eigenvalue weighted by Gasteiger charge is 2.31. The third-order valence-corrected chi connectivity index (χ3v) is 1.89. The Morgan fingerprint density at radius 3 is 2.69 bits per heavy atom. The van der Waals surface area contributed by atoms with E-state index in [1.807, 2.05) is 0 Å². The summed E-state index contributed by atoms with van der Waals surface area (Å²) < 4.78 is 35.7. The van der Waals surface area contributed by atoms with Gasteiger partial charge in [-0.3, -0.25) is 5.84 Å². The number of nitrogens with zero attached hydrogens (tertiary/aromatic N) is 1. The van der Waals surface area contributed by atoms with Crippen molar-refractivity contribution in [2.75, 3.05) is 5.43 Å². The highest BCUT2D eigenvalue weighted by atomic mass is 32.2. The van der Waals surface area contributed by atoms with Gasteiger partial charge in [-0.1, -0.05) is 0 Å². The second kappa shape index (κ2) is 3.84. The molecule has 0 bridgehead atoms. The fourth-order valence-corrected chi connectivity index (χ4v) is 1.26. The molecule has 0 saturated heterocycles. The molecule has 1 aromatic heterocycles. The van der Waals surface area contributed by atoms with Gasteiger partial charge in [0.2, 0.25) is 0 Å². The number of thioether (sulfide) groups is 1. The molecule has 0 radical (unpaired) electrons. The van der Waals surface area contributed by atoms with E-state index in [-0.39, 0.29) is 22.5 Å². The first-order valence-electron chi connectivity index (χ1n) is 3.20. The molecule has 0 aromatic carbocycles. The Morgan fingerprint density at radius 2 is 2.15 bits per heavy atom. The Bertz CT molecular complexity index is 289. The second-order valence-corrected chi connectivity index (χ2v) is 3.10. The zero-order chi connectivity index (χ0) is 9.90. The summed E-state index contributed by atoms with van der Waals surface area (Å²) in [4.78, 5) is 3.54. The molecule has 0 unspecified atom stereocenters. The molecule has 3 nitrogen and oxygen atoms in total. The van der Waals surface area contributed by atoms with Gasteiger partial charge in [-0.2, -0.15) is 13.2 Å². The van der Waals surface area contributed by atoms with Crippen molar-refractivity contribution in [3.05, 3.63) is 18.3 Å². The number of rotatable bonds is 2. The lowest BCUT2D eigenvalue weighted by Crippen LogP contribution is -2.10. The maximum atomic E-state index is 11.9. The summed E-state index contributed by atoms with van der Waals surface area (Å²) in [6.07, 6.45) is 1.27. The van der Waals surface area contributed by atoms with Gasteiger partial charge in [0.05, 0.1) is 5.69 Å². The molecule has 13 heavy (non-hydrogen) atoms. The number of hydrazine groups is 1. The van der Waals surface area contributed by atoms with E-state index < -0.39 is 5.51 Å². The van der Waals surface area contributed by atoms with Crippen molar-refractivity contribution in [1.82, 2.24) is 4.98 Å². The average molecular weight is 209 g/mol. The number of alkyl halides is 3. The topological polar surface area (TPSA) is 50.9 Å². The Kier molecular flexibility index (Phi) is 2.99. The third-order valence-electron chi connectivity index (χ3n) is 1.14. The molecule has 0 fully saturated rings. The normalized spacial score (nSPS) is 11.4. The average Bonchev–Trinajstić information content (AvgIpc) is 2.02.